The summed E-state index contributed by atoms with van der Waals surface area (Å²) >= 11 is 1.87. The average Bonchev–Trinajstić information content (AvgIpc) is 3.01. The molecule has 1 aromatic heterocycles. The van der Waals surface area contributed by atoms with Gasteiger partial charge in [-0.15, -0.1) is 11.3 Å². The van der Waals surface area contributed by atoms with Crippen LogP contribution in [0.4, 0.5) is 0 Å². The SMILES string of the molecule is CC(O)CCCNC(c1cccs1)C1CCCC1. The van der Waals surface area contributed by atoms with Gasteiger partial charge in [-0.25, -0.2) is 0 Å². The van der Waals surface area contributed by atoms with E-state index >= 15 is 0 Å². The molecule has 1 heterocycles. The van der Waals surface area contributed by atoms with Crippen molar-refractivity contribution >= 4 is 11.3 Å². The van der Waals surface area contributed by atoms with Crippen molar-refractivity contribution in [2.24, 2.45) is 5.92 Å². The molecule has 0 spiro atoms. The zero-order valence-corrected chi connectivity index (χ0v) is 12.1. The summed E-state index contributed by atoms with van der Waals surface area (Å²) in [6.45, 7) is 2.89. The molecule has 2 nitrogen and oxygen atoms in total. The van der Waals surface area contributed by atoms with Gasteiger partial charge in [-0.2, -0.15) is 0 Å². The Morgan fingerprint density at radius 3 is 2.83 bits per heavy atom. The Kier molecular flexibility index (Phi) is 5.67. The smallest absolute Gasteiger partial charge is 0.0512 e. The summed E-state index contributed by atoms with van der Waals surface area (Å²) < 4.78 is 0. The lowest BCUT2D eigenvalue weighted by molar-refractivity contribution is 0.180. The largest absolute Gasteiger partial charge is 0.393 e. The van der Waals surface area contributed by atoms with Crippen LogP contribution in [0.25, 0.3) is 0 Å². The highest BCUT2D eigenvalue weighted by atomic mass is 32.1. The summed E-state index contributed by atoms with van der Waals surface area (Å²) in [5.74, 6) is 0.815. The highest BCUT2D eigenvalue weighted by molar-refractivity contribution is 7.10. The molecule has 0 bridgehead atoms. The summed E-state index contributed by atoms with van der Waals surface area (Å²) in [4.78, 5) is 1.49. The summed E-state index contributed by atoms with van der Waals surface area (Å²) in [6, 6.07) is 4.95. The van der Waals surface area contributed by atoms with Crippen LogP contribution < -0.4 is 5.32 Å². The van der Waals surface area contributed by atoms with Crippen molar-refractivity contribution in [2.45, 2.75) is 57.6 Å². The van der Waals surface area contributed by atoms with E-state index < -0.39 is 0 Å². The third kappa shape index (κ3) is 4.08. The molecule has 3 heteroatoms. The zero-order valence-electron chi connectivity index (χ0n) is 11.3. The number of nitrogens with one attached hydrogen (secondary N) is 1. The molecule has 18 heavy (non-hydrogen) atoms. The molecule has 2 N–H and O–H groups in total. The maximum Gasteiger partial charge on any atom is 0.0512 e. The van der Waals surface area contributed by atoms with Gasteiger partial charge in [0.1, 0.15) is 0 Å². The first-order valence-corrected chi connectivity index (χ1v) is 8.10. The van der Waals surface area contributed by atoms with E-state index in [4.69, 9.17) is 0 Å². The molecule has 1 aliphatic carbocycles. The average molecular weight is 267 g/mol. The quantitative estimate of drug-likeness (QED) is 0.738. The summed E-state index contributed by atoms with van der Waals surface area (Å²) in [7, 11) is 0. The van der Waals surface area contributed by atoms with Crippen LogP contribution in [0, 0.1) is 5.92 Å². The summed E-state index contributed by atoms with van der Waals surface area (Å²) in [5, 5.41) is 15.2. The van der Waals surface area contributed by atoms with Crippen molar-refractivity contribution in [1.82, 2.24) is 5.32 Å². The lowest BCUT2D eigenvalue weighted by Gasteiger charge is -2.24. The van der Waals surface area contributed by atoms with Gasteiger partial charge < -0.3 is 10.4 Å². The van der Waals surface area contributed by atoms with Gasteiger partial charge in [-0.05, 0) is 56.5 Å². The Morgan fingerprint density at radius 2 is 2.22 bits per heavy atom. The highest BCUT2D eigenvalue weighted by Crippen LogP contribution is 2.37. The molecule has 1 aromatic rings. The van der Waals surface area contributed by atoms with E-state index in [0.29, 0.717) is 6.04 Å². The normalized spacial score (nSPS) is 20.1. The first kappa shape index (κ1) is 14.0. The number of aliphatic hydroxyl groups excluding tert-OH is 1. The maximum atomic E-state index is 9.29. The molecule has 102 valence electrons. The van der Waals surface area contributed by atoms with Crippen molar-refractivity contribution in [3.8, 4) is 0 Å². The number of rotatable bonds is 7. The molecule has 1 aliphatic rings. The van der Waals surface area contributed by atoms with Crippen LogP contribution in [0.2, 0.25) is 0 Å². The van der Waals surface area contributed by atoms with Crippen LogP contribution in [0.5, 0.6) is 0 Å². The standard InChI is InChI=1S/C15H25NOS/c1-12(17)6-4-10-16-15(13-7-2-3-8-13)14-9-5-11-18-14/h5,9,11-13,15-17H,2-4,6-8,10H2,1H3. The van der Waals surface area contributed by atoms with E-state index in [1.54, 1.807) is 0 Å². The van der Waals surface area contributed by atoms with Gasteiger partial charge in [0.05, 0.1) is 6.10 Å². The number of thiophene rings is 1. The minimum Gasteiger partial charge on any atom is -0.393 e. The Labute approximate surface area is 114 Å². The molecule has 1 fully saturated rings. The minimum atomic E-state index is -0.168. The van der Waals surface area contributed by atoms with Crippen molar-refractivity contribution in [3.05, 3.63) is 22.4 Å². The fourth-order valence-corrected chi connectivity index (χ4v) is 3.81. The van der Waals surface area contributed by atoms with Gasteiger partial charge in [-0.3, -0.25) is 0 Å². The van der Waals surface area contributed by atoms with Gasteiger partial charge in [0, 0.05) is 10.9 Å². The predicted molar refractivity (Wildman–Crippen MR) is 77.9 cm³/mol. The molecule has 2 rings (SSSR count). The van der Waals surface area contributed by atoms with Gasteiger partial charge >= 0.3 is 0 Å². The number of hydrogen-bond acceptors (Lipinski definition) is 3. The molecule has 0 aliphatic heterocycles. The van der Waals surface area contributed by atoms with Crippen LogP contribution in [0.3, 0.4) is 0 Å². The second kappa shape index (κ2) is 7.27. The Bertz CT molecular complexity index is 317. The third-order valence-electron chi connectivity index (χ3n) is 3.88. The zero-order chi connectivity index (χ0) is 12.8. The fourth-order valence-electron chi connectivity index (χ4n) is 2.91. The molecule has 0 aromatic carbocycles. The minimum absolute atomic E-state index is 0.168. The van der Waals surface area contributed by atoms with Crippen LogP contribution in [-0.2, 0) is 0 Å². The van der Waals surface area contributed by atoms with Crippen molar-refractivity contribution in [2.75, 3.05) is 6.54 Å². The molecule has 2 atom stereocenters. The molecular formula is C15H25NOS. The van der Waals surface area contributed by atoms with Gasteiger partial charge in [-0.1, -0.05) is 18.9 Å². The molecule has 1 saturated carbocycles. The van der Waals surface area contributed by atoms with E-state index in [1.165, 1.54) is 30.6 Å². The van der Waals surface area contributed by atoms with Crippen LogP contribution in [0.15, 0.2) is 17.5 Å². The molecule has 2 unspecified atom stereocenters. The number of hydrogen-bond donors (Lipinski definition) is 2. The van der Waals surface area contributed by atoms with E-state index in [0.717, 1.165) is 25.3 Å². The Hall–Kier alpha value is -0.380. The van der Waals surface area contributed by atoms with Crippen LogP contribution in [0.1, 0.15) is 56.4 Å². The van der Waals surface area contributed by atoms with E-state index in [-0.39, 0.29) is 6.10 Å². The van der Waals surface area contributed by atoms with E-state index in [9.17, 15) is 5.11 Å². The summed E-state index contributed by atoms with van der Waals surface area (Å²) in [6.07, 6.45) is 7.31. The van der Waals surface area contributed by atoms with Gasteiger partial charge in [0.25, 0.3) is 0 Å². The van der Waals surface area contributed by atoms with Gasteiger partial charge in [0.15, 0.2) is 0 Å². The molecule has 0 saturated heterocycles. The van der Waals surface area contributed by atoms with Crippen molar-refractivity contribution in [1.29, 1.82) is 0 Å². The van der Waals surface area contributed by atoms with Crippen molar-refractivity contribution in [3.63, 3.8) is 0 Å². The first-order chi connectivity index (χ1) is 8.77. The third-order valence-corrected chi connectivity index (χ3v) is 4.84. The Balaban J connectivity index is 1.85. The Morgan fingerprint density at radius 1 is 1.44 bits per heavy atom. The highest BCUT2D eigenvalue weighted by Gasteiger charge is 2.26. The van der Waals surface area contributed by atoms with Crippen LogP contribution >= 0.6 is 11.3 Å². The van der Waals surface area contributed by atoms with E-state index in [2.05, 4.69) is 22.8 Å². The second-order valence-electron chi connectivity index (χ2n) is 5.48. The second-order valence-corrected chi connectivity index (χ2v) is 6.46. The van der Waals surface area contributed by atoms with Gasteiger partial charge in [0.2, 0.25) is 0 Å². The predicted octanol–water partition coefficient (Wildman–Crippen LogP) is 3.73. The van der Waals surface area contributed by atoms with E-state index in [1.807, 2.05) is 18.3 Å². The monoisotopic (exact) mass is 267 g/mol. The number of aliphatic hydroxyl groups is 1. The lowest BCUT2D eigenvalue weighted by atomic mass is 9.96. The lowest BCUT2D eigenvalue weighted by Crippen LogP contribution is -2.27. The molecule has 0 amide bonds. The topological polar surface area (TPSA) is 32.3 Å². The molecular weight excluding hydrogens is 242 g/mol. The van der Waals surface area contributed by atoms with Crippen LogP contribution in [-0.4, -0.2) is 17.8 Å². The maximum absolute atomic E-state index is 9.29. The fraction of sp³-hybridized carbons (Fsp3) is 0.733. The molecule has 0 radical (unpaired) electrons. The summed E-state index contributed by atoms with van der Waals surface area (Å²) in [5.41, 5.74) is 0. The first-order valence-electron chi connectivity index (χ1n) is 7.22. The van der Waals surface area contributed by atoms with Crippen molar-refractivity contribution < 1.29 is 5.11 Å².